The first-order valence-corrected chi connectivity index (χ1v) is 10.3. The molecule has 1 amide bonds. The Labute approximate surface area is 169 Å². The quantitative estimate of drug-likeness (QED) is 0.774. The van der Waals surface area contributed by atoms with E-state index in [1.54, 1.807) is 19.3 Å². The van der Waals surface area contributed by atoms with Crippen molar-refractivity contribution in [3.8, 4) is 0 Å². The first-order chi connectivity index (χ1) is 14.0. The van der Waals surface area contributed by atoms with Crippen molar-refractivity contribution in [1.29, 1.82) is 0 Å². The molecule has 0 radical (unpaired) electrons. The number of carbonyl (C=O) groups is 1. The minimum atomic E-state index is -0.336. The van der Waals surface area contributed by atoms with Gasteiger partial charge < -0.3 is 18.7 Å². The van der Waals surface area contributed by atoms with E-state index in [4.69, 9.17) is 9.26 Å². The van der Waals surface area contributed by atoms with Gasteiger partial charge in [-0.2, -0.15) is 0 Å². The van der Waals surface area contributed by atoms with Crippen LogP contribution in [0.3, 0.4) is 0 Å². The van der Waals surface area contributed by atoms with Gasteiger partial charge in [-0.1, -0.05) is 5.16 Å². The van der Waals surface area contributed by atoms with E-state index in [0.29, 0.717) is 31.2 Å². The van der Waals surface area contributed by atoms with Crippen LogP contribution in [0.15, 0.2) is 33.7 Å². The third-order valence-electron chi connectivity index (χ3n) is 6.21. The minimum Gasteiger partial charge on any atom is -0.370 e. The van der Waals surface area contributed by atoms with E-state index in [-0.39, 0.29) is 17.1 Å². The standard InChI is InChI=1S/C21H26N4O4/c1-23-11-16(4-5-19(23)26)20(27)25-8-9-28-21(14-25)6-7-24(13-21)12-17-10-18(29-22-17)15-2-3-15/h4-5,10-11,15H,2-3,6-9,12-14H2,1H3. The van der Waals surface area contributed by atoms with E-state index in [9.17, 15) is 9.59 Å². The highest BCUT2D eigenvalue weighted by Crippen LogP contribution is 2.40. The molecule has 2 saturated heterocycles. The van der Waals surface area contributed by atoms with Gasteiger partial charge in [0.15, 0.2) is 0 Å². The molecule has 2 aromatic heterocycles. The molecule has 5 rings (SSSR count). The average Bonchev–Trinajstić information content (AvgIpc) is 3.36. The van der Waals surface area contributed by atoms with Crippen molar-refractivity contribution >= 4 is 5.91 Å². The lowest BCUT2D eigenvalue weighted by Crippen LogP contribution is -2.55. The molecule has 0 N–H and O–H groups in total. The predicted octanol–water partition coefficient (Wildman–Crippen LogP) is 1.37. The number of hydrogen-bond acceptors (Lipinski definition) is 6. The summed E-state index contributed by atoms with van der Waals surface area (Å²) in [6.07, 6.45) is 4.90. The smallest absolute Gasteiger partial charge is 0.255 e. The van der Waals surface area contributed by atoms with E-state index in [1.165, 1.54) is 23.5 Å². The number of hydrogen-bond donors (Lipinski definition) is 0. The molecule has 8 heteroatoms. The summed E-state index contributed by atoms with van der Waals surface area (Å²) in [5.74, 6) is 1.53. The fourth-order valence-electron chi connectivity index (χ4n) is 4.42. The third kappa shape index (κ3) is 3.74. The number of aromatic nitrogens is 2. The molecule has 8 nitrogen and oxygen atoms in total. The number of rotatable bonds is 4. The summed E-state index contributed by atoms with van der Waals surface area (Å²) < 4.78 is 13.1. The first kappa shape index (κ1) is 18.6. The van der Waals surface area contributed by atoms with Crippen molar-refractivity contribution in [2.45, 2.75) is 37.3 Å². The first-order valence-electron chi connectivity index (χ1n) is 10.3. The van der Waals surface area contributed by atoms with E-state index in [0.717, 1.165) is 37.5 Å². The van der Waals surface area contributed by atoms with Gasteiger partial charge in [-0.3, -0.25) is 14.5 Å². The fourth-order valence-corrected chi connectivity index (χ4v) is 4.42. The van der Waals surface area contributed by atoms with Crippen LogP contribution < -0.4 is 5.56 Å². The van der Waals surface area contributed by atoms with Gasteiger partial charge in [0.25, 0.3) is 5.91 Å². The van der Waals surface area contributed by atoms with Gasteiger partial charge in [0, 0.05) is 57.5 Å². The van der Waals surface area contributed by atoms with Gasteiger partial charge in [0.2, 0.25) is 5.56 Å². The third-order valence-corrected chi connectivity index (χ3v) is 6.21. The molecule has 4 heterocycles. The van der Waals surface area contributed by atoms with Crippen molar-refractivity contribution in [1.82, 2.24) is 19.5 Å². The van der Waals surface area contributed by atoms with Gasteiger partial charge in [-0.05, 0) is 25.3 Å². The van der Waals surface area contributed by atoms with Crippen LogP contribution in [0.5, 0.6) is 0 Å². The Morgan fingerprint density at radius 1 is 1.28 bits per heavy atom. The van der Waals surface area contributed by atoms with Crippen LogP contribution in [-0.2, 0) is 18.3 Å². The molecule has 1 unspecified atom stereocenters. The van der Waals surface area contributed by atoms with Crippen LogP contribution in [0.2, 0.25) is 0 Å². The molecule has 1 spiro atoms. The Bertz CT molecular complexity index is 979. The van der Waals surface area contributed by atoms with E-state index in [1.807, 2.05) is 4.90 Å². The van der Waals surface area contributed by atoms with Crippen LogP contribution in [0.1, 0.15) is 47.0 Å². The summed E-state index contributed by atoms with van der Waals surface area (Å²) in [7, 11) is 1.66. The van der Waals surface area contributed by atoms with Gasteiger partial charge in [0.05, 0.1) is 30.0 Å². The number of amides is 1. The van der Waals surface area contributed by atoms with Crippen LogP contribution in [-0.4, -0.2) is 63.8 Å². The molecule has 1 atom stereocenters. The van der Waals surface area contributed by atoms with Crippen molar-refractivity contribution in [3.63, 3.8) is 0 Å². The molecule has 2 aromatic rings. The maximum absolute atomic E-state index is 13.0. The predicted molar refractivity (Wildman–Crippen MR) is 105 cm³/mol. The zero-order valence-corrected chi connectivity index (χ0v) is 16.7. The normalized spacial score (nSPS) is 25.1. The fraction of sp³-hybridized carbons (Fsp3) is 0.571. The topological polar surface area (TPSA) is 80.8 Å². The Balaban J connectivity index is 1.24. The summed E-state index contributed by atoms with van der Waals surface area (Å²) in [5.41, 5.74) is 1.05. The Kier molecular flexibility index (Phi) is 4.55. The number of carbonyl (C=O) groups excluding carboxylic acids is 1. The van der Waals surface area contributed by atoms with E-state index >= 15 is 0 Å². The lowest BCUT2D eigenvalue weighted by molar-refractivity contribution is -0.0920. The number of pyridine rings is 1. The molecule has 29 heavy (non-hydrogen) atoms. The van der Waals surface area contributed by atoms with E-state index in [2.05, 4.69) is 16.1 Å². The van der Waals surface area contributed by atoms with Crippen molar-refractivity contribution in [2.24, 2.45) is 7.05 Å². The Morgan fingerprint density at radius 3 is 2.93 bits per heavy atom. The number of likely N-dealkylation sites (tertiary alicyclic amines) is 1. The zero-order valence-electron chi connectivity index (χ0n) is 16.7. The Morgan fingerprint density at radius 2 is 2.14 bits per heavy atom. The molecule has 1 saturated carbocycles. The second kappa shape index (κ2) is 7.11. The molecule has 1 aliphatic carbocycles. The number of morpholine rings is 1. The second-order valence-electron chi connectivity index (χ2n) is 8.58. The highest BCUT2D eigenvalue weighted by atomic mass is 16.5. The van der Waals surface area contributed by atoms with Crippen molar-refractivity contribution < 1.29 is 14.1 Å². The highest BCUT2D eigenvalue weighted by molar-refractivity contribution is 5.94. The average molecular weight is 398 g/mol. The largest absolute Gasteiger partial charge is 0.370 e. The summed E-state index contributed by atoms with van der Waals surface area (Å²) in [6, 6.07) is 5.13. The number of ether oxygens (including phenoxy) is 1. The van der Waals surface area contributed by atoms with Gasteiger partial charge in [0.1, 0.15) is 5.76 Å². The number of aryl methyl sites for hydroxylation is 1. The van der Waals surface area contributed by atoms with Crippen LogP contribution in [0.25, 0.3) is 0 Å². The highest BCUT2D eigenvalue weighted by Gasteiger charge is 2.44. The molecule has 0 bridgehead atoms. The van der Waals surface area contributed by atoms with Gasteiger partial charge in [-0.15, -0.1) is 0 Å². The summed E-state index contributed by atoms with van der Waals surface area (Å²) in [4.78, 5) is 28.8. The molecule has 3 fully saturated rings. The molecular formula is C21H26N4O4. The van der Waals surface area contributed by atoms with Crippen LogP contribution in [0.4, 0.5) is 0 Å². The lowest BCUT2D eigenvalue weighted by Gasteiger charge is -2.40. The second-order valence-corrected chi connectivity index (χ2v) is 8.58. The molecular weight excluding hydrogens is 372 g/mol. The van der Waals surface area contributed by atoms with Crippen LogP contribution >= 0.6 is 0 Å². The molecule has 3 aliphatic rings. The maximum Gasteiger partial charge on any atom is 0.255 e. The SMILES string of the molecule is Cn1cc(C(=O)N2CCOC3(CCN(Cc4cc(C5CC5)on4)C3)C2)ccc1=O. The zero-order chi connectivity index (χ0) is 20.0. The van der Waals surface area contributed by atoms with Crippen molar-refractivity contribution in [3.05, 3.63) is 51.8 Å². The molecule has 2 aliphatic heterocycles. The monoisotopic (exact) mass is 398 g/mol. The number of nitrogens with zero attached hydrogens (tertiary/aromatic N) is 4. The van der Waals surface area contributed by atoms with Gasteiger partial charge >= 0.3 is 0 Å². The maximum atomic E-state index is 13.0. The Hall–Kier alpha value is -2.45. The minimum absolute atomic E-state index is 0.0488. The summed E-state index contributed by atoms with van der Waals surface area (Å²) in [6.45, 7) is 4.09. The lowest BCUT2D eigenvalue weighted by atomic mass is 10.00. The van der Waals surface area contributed by atoms with Crippen LogP contribution in [0, 0.1) is 0 Å². The summed E-state index contributed by atoms with van der Waals surface area (Å²) >= 11 is 0. The molecule has 154 valence electrons. The molecule has 0 aromatic carbocycles. The van der Waals surface area contributed by atoms with E-state index < -0.39 is 0 Å². The summed E-state index contributed by atoms with van der Waals surface area (Å²) in [5, 5.41) is 4.22. The van der Waals surface area contributed by atoms with Crippen molar-refractivity contribution in [2.75, 3.05) is 32.8 Å². The van der Waals surface area contributed by atoms with Gasteiger partial charge in [-0.25, -0.2) is 0 Å².